The Balaban J connectivity index is 2.89. The molecule has 7 heteroatoms. The fourth-order valence-corrected chi connectivity index (χ4v) is 2.29. The van der Waals surface area contributed by atoms with E-state index in [9.17, 15) is 4.79 Å². The molecule has 0 aliphatic rings. The van der Waals surface area contributed by atoms with E-state index < -0.39 is 0 Å². The number of nitrogens with one attached hydrogen (secondary N) is 1. The van der Waals surface area contributed by atoms with E-state index in [2.05, 4.69) is 10.3 Å². The van der Waals surface area contributed by atoms with Gasteiger partial charge in [0.25, 0.3) is 5.91 Å². The lowest BCUT2D eigenvalue weighted by Gasteiger charge is -2.22. The smallest absolute Gasteiger partial charge is 0.267 e. The molecule has 0 saturated carbocycles. The van der Waals surface area contributed by atoms with E-state index in [0.717, 1.165) is 0 Å². The Morgan fingerprint density at radius 2 is 2.17 bits per heavy atom. The summed E-state index contributed by atoms with van der Waals surface area (Å²) in [7, 11) is 1.64. The Hall–Kier alpha value is -1.34. The number of thiazole rings is 1. The molecule has 6 nitrogen and oxygen atoms in total. The van der Waals surface area contributed by atoms with E-state index in [1.165, 1.54) is 16.2 Å². The minimum Gasteiger partial charge on any atom is -0.394 e. The predicted molar refractivity (Wildman–Crippen MR) is 73.9 cm³/mol. The maximum absolute atomic E-state index is 12.1. The first-order valence-corrected chi connectivity index (χ1v) is 6.59. The van der Waals surface area contributed by atoms with Gasteiger partial charge in [0.05, 0.1) is 12.6 Å². The third kappa shape index (κ3) is 3.33. The van der Waals surface area contributed by atoms with Crippen LogP contribution in [0.5, 0.6) is 0 Å². The second kappa shape index (κ2) is 6.01. The first-order chi connectivity index (χ1) is 8.36. The van der Waals surface area contributed by atoms with Crippen molar-refractivity contribution in [3.8, 4) is 0 Å². The SMILES string of the molecule is CC(C)Nc1nc(N)c(C(=O)N(C)C(C)CO)s1. The van der Waals surface area contributed by atoms with E-state index in [1.54, 1.807) is 14.0 Å². The van der Waals surface area contributed by atoms with Gasteiger partial charge in [0.1, 0.15) is 10.7 Å². The number of carbonyl (C=O) groups excluding carboxylic acids is 1. The number of nitrogens with zero attached hydrogens (tertiary/aromatic N) is 2. The van der Waals surface area contributed by atoms with E-state index in [1.807, 2.05) is 13.8 Å². The van der Waals surface area contributed by atoms with Crippen molar-refractivity contribution in [3.05, 3.63) is 4.88 Å². The molecule has 0 aliphatic heterocycles. The highest BCUT2D eigenvalue weighted by molar-refractivity contribution is 7.18. The third-order valence-electron chi connectivity index (χ3n) is 2.51. The normalized spacial score (nSPS) is 12.6. The lowest BCUT2D eigenvalue weighted by atomic mass is 10.3. The number of aromatic nitrogens is 1. The lowest BCUT2D eigenvalue weighted by Crippen LogP contribution is -2.37. The zero-order valence-electron chi connectivity index (χ0n) is 11.1. The summed E-state index contributed by atoms with van der Waals surface area (Å²) in [6, 6.07) is -0.0203. The van der Waals surface area contributed by atoms with Crippen LogP contribution >= 0.6 is 11.3 Å². The van der Waals surface area contributed by atoms with Crippen molar-refractivity contribution >= 4 is 28.2 Å². The number of aliphatic hydroxyl groups excluding tert-OH is 1. The van der Waals surface area contributed by atoms with Gasteiger partial charge in [0, 0.05) is 13.1 Å². The van der Waals surface area contributed by atoms with Gasteiger partial charge in [-0.05, 0) is 20.8 Å². The van der Waals surface area contributed by atoms with Crippen LogP contribution in [0.15, 0.2) is 0 Å². The molecular weight excluding hydrogens is 252 g/mol. The summed E-state index contributed by atoms with van der Waals surface area (Å²) in [5.74, 6) is 0.00787. The van der Waals surface area contributed by atoms with E-state index in [-0.39, 0.29) is 30.4 Å². The fraction of sp³-hybridized carbons (Fsp3) is 0.636. The molecule has 1 heterocycles. The molecule has 0 radical (unpaired) electrons. The van der Waals surface area contributed by atoms with Crippen LogP contribution in [0.2, 0.25) is 0 Å². The Labute approximate surface area is 111 Å². The van der Waals surface area contributed by atoms with Crippen molar-refractivity contribution < 1.29 is 9.90 Å². The van der Waals surface area contributed by atoms with Gasteiger partial charge in [-0.25, -0.2) is 4.98 Å². The van der Waals surface area contributed by atoms with E-state index >= 15 is 0 Å². The molecule has 102 valence electrons. The van der Waals surface area contributed by atoms with Gasteiger partial charge in [-0.3, -0.25) is 4.79 Å². The first kappa shape index (κ1) is 14.7. The second-order valence-corrected chi connectivity index (χ2v) is 5.48. The summed E-state index contributed by atoms with van der Waals surface area (Å²) in [6.07, 6.45) is 0. The highest BCUT2D eigenvalue weighted by atomic mass is 32.1. The number of anilines is 2. The monoisotopic (exact) mass is 272 g/mol. The largest absolute Gasteiger partial charge is 0.394 e. The molecule has 1 amide bonds. The van der Waals surface area contributed by atoms with Crippen LogP contribution in [0.4, 0.5) is 10.9 Å². The molecular formula is C11H20N4O2S. The Morgan fingerprint density at radius 3 is 2.67 bits per heavy atom. The molecule has 0 saturated heterocycles. The number of nitrogen functional groups attached to an aromatic ring is 1. The van der Waals surface area contributed by atoms with Gasteiger partial charge in [-0.2, -0.15) is 0 Å². The number of hydrogen-bond acceptors (Lipinski definition) is 6. The summed E-state index contributed by atoms with van der Waals surface area (Å²) in [4.78, 5) is 18.1. The van der Waals surface area contributed by atoms with Gasteiger partial charge in [0.2, 0.25) is 0 Å². The molecule has 0 bridgehead atoms. The van der Waals surface area contributed by atoms with Gasteiger partial charge < -0.3 is 21.1 Å². The quantitative estimate of drug-likeness (QED) is 0.743. The van der Waals surface area contributed by atoms with Crippen molar-refractivity contribution in [2.24, 2.45) is 0 Å². The molecule has 0 aromatic carbocycles. The molecule has 1 atom stereocenters. The second-order valence-electron chi connectivity index (χ2n) is 4.48. The van der Waals surface area contributed by atoms with Crippen LogP contribution in [-0.4, -0.2) is 46.6 Å². The molecule has 1 rings (SSSR count). The maximum Gasteiger partial charge on any atom is 0.267 e. The van der Waals surface area contributed by atoms with Gasteiger partial charge in [0.15, 0.2) is 5.13 Å². The Bertz CT molecular complexity index is 419. The lowest BCUT2D eigenvalue weighted by molar-refractivity contribution is 0.0688. The summed E-state index contributed by atoms with van der Waals surface area (Å²) < 4.78 is 0. The van der Waals surface area contributed by atoms with Gasteiger partial charge in [-0.15, -0.1) is 0 Å². The topological polar surface area (TPSA) is 91.5 Å². The zero-order valence-corrected chi connectivity index (χ0v) is 11.9. The third-order valence-corrected chi connectivity index (χ3v) is 3.50. The molecule has 1 aromatic heterocycles. The van der Waals surface area contributed by atoms with Gasteiger partial charge in [-0.1, -0.05) is 11.3 Å². The minimum absolute atomic E-state index is 0.0853. The fourth-order valence-electron chi connectivity index (χ4n) is 1.28. The number of nitrogens with two attached hydrogens (primary N) is 1. The van der Waals surface area contributed by atoms with Crippen LogP contribution < -0.4 is 11.1 Å². The molecule has 0 aliphatic carbocycles. The summed E-state index contributed by atoms with van der Waals surface area (Å²) in [5.41, 5.74) is 5.75. The zero-order chi connectivity index (χ0) is 13.9. The number of carbonyl (C=O) groups is 1. The molecule has 0 fully saturated rings. The van der Waals surface area contributed by atoms with Crippen LogP contribution in [0.3, 0.4) is 0 Å². The van der Waals surface area contributed by atoms with Crippen molar-refractivity contribution in [1.29, 1.82) is 0 Å². The minimum atomic E-state index is -0.250. The summed E-state index contributed by atoms with van der Waals surface area (Å²) in [5, 5.41) is 12.8. The van der Waals surface area contributed by atoms with Crippen LogP contribution in [-0.2, 0) is 0 Å². The van der Waals surface area contributed by atoms with Crippen molar-refractivity contribution in [2.75, 3.05) is 24.7 Å². The average Bonchev–Trinajstić information content (AvgIpc) is 2.66. The van der Waals surface area contributed by atoms with Crippen molar-refractivity contribution in [2.45, 2.75) is 32.9 Å². The highest BCUT2D eigenvalue weighted by Crippen LogP contribution is 2.26. The van der Waals surface area contributed by atoms with E-state index in [4.69, 9.17) is 10.8 Å². The molecule has 0 spiro atoms. The standard InChI is InChI=1S/C11H20N4O2S/c1-6(2)13-11-14-9(12)8(18-11)10(17)15(4)7(3)5-16/h6-7,16H,5,12H2,1-4H3,(H,13,14). The van der Waals surface area contributed by atoms with Crippen LogP contribution in [0, 0.1) is 0 Å². The molecule has 1 unspecified atom stereocenters. The summed E-state index contributed by atoms with van der Waals surface area (Å²) in [6.45, 7) is 5.65. The number of rotatable bonds is 5. The van der Waals surface area contributed by atoms with Crippen molar-refractivity contribution in [1.82, 2.24) is 9.88 Å². The Kier molecular flexibility index (Phi) is 4.92. The van der Waals surface area contributed by atoms with Gasteiger partial charge >= 0.3 is 0 Å². The molecule has 1 aromatic rings. The summed E-state index contributed by atoms with van der Waals surface area (Å²) >= 11 is 1.23. The van der Waals surface area contributed by atoms with Crippen LogP contribution in [0.1, 0.15) is 30.4 Å². The number of amides is 1. The van der Waals surface area contributed by atoms with E-state index in [0.29, 0.717) is 10.0 Å². The molecule has 4 N–H and O–H groups in total. The Morgan fingerprint density at radius 1 is 1.56 bits per heavy atom. The number of likely N-dealkylation sites (N-methyl/N-ethyl adjacent to an activating group) is 1. The van der Waals surface area contributed by atoms with Crippen LogP contribution in [0.25, 0.3) is 0 Å². The number of aliphatic hydroxyl groups is 1. The maximum atomic E-state index is 12.1. The van der Waals surface area contributed by atoms with Crippen molar-refractivity contribution in [3.63, 3.8) is 0 Å². The number of hydrogen-bond donors (Lipinski definition) is 3. The molecule has 18 heavy (non-hydrogen) atoms. The average molecular weight is 272 g/mol. The predicted octanol–water partition coefficient (Wildman–Crippen LogP) is 0.998. The highest BCUT2D eigenvalue weighted by Gasteiger charge is 2.22. The first-order valence-electron chi connectivity index (χ1n) is 5.77.